The average Bonchev–Trinajstić information content (AvgIpc) is 2.73. The van der Waals surface area contributed by atoms with Gasteiger partial charge in [0.05, 0.1) is 6.04 Å². The molecule has 0 aliphatic heterocycles. The second kappa shape index (κ2) is 7.47. The maximum absolute atomic E-state index is 11.3. The van der Waals surface area contributed by atoms with Gasteiger partial charge in [0, 0.05) is 38.8 Å². The molecule has 1 aromatic heterocycles. The first-order chi connectivity index (χ1) is 7.54. The van der Waals surface area contributed by atoms with Crippen molar-refractivity contribution in [3.63, 3.8) is 0 Å². The summed E-state index contributed by atoms with van der Waals surface area (Å²) in [5, 5.41) is 6.72. The number of likely N-dealkylation sites (N-methyl/N-ethyl adjacent to an activating group) is 1. The number of hydrogen-bond acceptors (Lipinski definition) is 5. The number of aromatic nitrogens is 1. The number of carbonyl (C=O) groups is 1. The number of thiazole rings is 1. The van der Waals surface area contributed by atoms with Gasteiger partial charge >= 0.3 is 0 Å². The molecular formula is C10H19ClN4OS. The lowest BCUT2D eigenvalue weighted by atomic mass is 10.3. The zero-order chi connectivity index (χ0) is 12.1. The fourth-order valence-electron chi connectivity index (χ4n) is 1.15. The van der Waals surface area contributed by atoms with Crippen molar-refractivity contribution in [2.24, 2.45) is 0 Å². The molecule has 0 saturated heterocycles. The first-order valence-electron chi connectivity index (χ1n) is 5.11. The predicted molar refractivity (Wildman–Crippen MR) is 74.1 cm³/mol. The molecule has 0 spiro atoms. The molecule has 1 amide bonds. The second-order valence-electron chi connectivity index (χ2n) is 3.72. The van der Waals surface area contributed by atoms with Gasteiger partial charge in [0.1, 0.15) is 0 Å². The normalized spacial score (nSPS) is 11.5. The summed E-state index contributed by atoms with van der Waals surface area (Å²) in [6.45, 7) is 2.51. The van der Waals surface area contributed by atoms with Crippen molar-refractivity contribution in [3.8, 4) is 0 Å². The molecule has 0 bridgehead atoms. The lowest BCUT2D eigenvalue weighted by molar-refractivity contribution is -0.122. The van der Waals surface area contributed by atoms with Gasteiger partial charge in [0.2, 0.25) is 5.91 Å². The van der Waals surface area contributed by atoms with Crippen LogP contribution in [0.5, 0.6) is 0 Å². The van der Waals surface area contributed by atoms with Gasteiger partial charge in [-0.3, -0.25) is 4.79 Å². The summed E-state index contributed by atoms with van der Waals surface area (Å²) in [6, 6.07) is -0.185. The Bertz CT molecular complexity index is 356. The van der Waals surface area contributed by atoms with E-state index in [2.05, 4.69) is 15.6 Å². The van der Waals surface area contributed by atoms with Crippen molar-refractivity contribution in [1.29, 1.82) is 0 Å². The quantitative estimate of drug-likeness (QED) is 0.839. The Balaban J connectivity index is 0.00000256. The second-order valence-corrected chi connectivity index (χ2v) is 4.81. The number of halogens is 1. The summed E-state index contributed by atoms with van der Waals surface area (Å²) < 4.78 is 0. The minimum atomic E-state index is -0.185. The van der Waals surface area contributed by atoms with Crippen LogP contribution in [-0.2, 0) is 11.3 Å². The van der Waals surface area contributed by atoms with Gasteiger partial charge in [-0.25, -0.2) is 4.98 Å². The summed E-state index contributed by atoms with van der Waals surface area (Å²) in [5.41, 5.74) is 0. The van der Waals surface area contributed by atoms with Crippen molar-refractivity contribution in [3.05, 3.63) is 11.1 Å². The van der Waals surface area contributed by atoms with E-state index in [4.69, 9.17) is 0 Å². The first-order valence-corrected chi connectivity index (χ1v) is 5.93. The molecule has 1 aromatic rings. The third kappa shape index (κ3) is 4.89. The predicted octanol–water partition coefficient (Wildman–Crippen LogP) is 0.855. The highest BCUT2D eigenvalue weighted by molar-refractivity contribution is 7.15. The number of carbonyl (C=O) groups excluding carboxylic acids is 1. The summed E-state index contributed by atoms with van der Waals surface area (Å²) in [4.78, 5) is 18.6. The Hall–Kier alpha value is -0.850. The third-order valence-electron chi connectivity index (χ3n) is 2.15. The van der Waals surface area contributed by atoms with E-state index in [1.54, 1.807) is 18.4 Å². The maximum Gasteiger partial charge on any atom is 0.236 e. The van der Waals surface area contributed by atoms with Crippen molar-refractivity contribution in [2.45, 2.75) is 19.5 Å². The standard InChI is InChI=1S/C10H18N4OS.ClH/c1-7(9(15)11-2)12-5-8-6-13-10(16-8)14(3)4;/h6-7,12H,5H2,1-4H3,(H,11,15);1H/t7-;/m1./s1. The lowest BCUT2D eigenvalue weighted by Gasteiger charge is -2.10. The molecule has 1 atom stereocenters. The van der Waals surface area contributed by atoms with E-state index in [9.17, 15) is 4.79 Å². The fourth-order valence-corrected chi connectivity index (χ4v) is 1.93. The monoisotopic (exact) mass is 278 g/mol. The van der Waals surface area contributed by atoms with Gasteiger partial charge in [0.25, 0.3) is 0 Å². The highest BCUT2D eigenvalue weighted by atomic mass is 35.5. The van der Waals surface area contributed by atoms with Gasteiger partial charge in [-0.15, -0.1) is 23.7 Å². The van der Waals surface area contributed by atoms with Gasteiger partial charge in [-0.05, 0) is 6.92 Å². The number of anilines is 1. The van der Waals surface area contributed by atoms with Gasteiger partial charge in [-0.1, -0.05) is 0 Å². The van der Waals surface area contributed by atoms with Crippen LogP contribution in [-0.4, -0.2) is 38.1 Å². The molecule has 2 N–H and O–H groups in total. The zero-order valence-corrected chi connectivity index (χ0v) is 12.1. The van der Waals surface area contributed by atoms with Crippen LogP contribution in [0.3, 0.4) is 0 Å². The molecular weight excluding hydrogens is 260 g/mol. The van der Waals surface area contributed by atoms with Crippen LogP contribution >= 0.6 is 23.7 Å². The Morgan fingerprint density at radius 3 is 2.71 bits per heavy atom. The number of hydrogen-bond donors (Lipinski definition) is 2. The van der Waals surface area contributed by atoms with Gasteiger partial charge in [-0.2, -0.15) is 0 Å². The smallest absolute Gasteiger partial charge is 0.236 e. The van der Waals surface area contributed by atoms with E-state index in [0.717, 1.165) is 10.0 Å². The number of nitrogens with zero attached hydrogens (tertiary/aromatic N) is 2. The summed E-state index contributed by atoms with van der Waals surface area (Å²) >= 11 is 1.62. The molecule has 0 aromatic carbocycles. The molecule has 98 valence electrons. The van der Waals surface area contributed by atoms with Crippen LogP contribution in [0.25, 0.3) is 0 Å². The molecule has 1 rings (SSSR count). The highest BCUT2D eigenvalue weighted by Crippen LogP contribution is 2.19. The average molecular weight is 279 g/mol. The summed E-state index contributed by atoms with van der Waals surface area (Å²) in [5.74, 6) is -0.00246. The summed E-state index contributed by atoms with van der Waals surface area (Å²) in [7, 11) is 5.56. The van der Waals surface area contributed by atoms with Crippen molar-refractivity contribution in [2.75, 3.05) is 26.0 Å². The largest absolute Gasteiger partial charge is 0.358 e. The summed E-state index contributed by atoms with van der Waals surface area (Å²) in [6.07, 6.45) is 1.84. The fraction of sp³-hybridized carbons (Fsp3) is 0.600. The number of amides is 1. The van der Waals surface area contributed by atoms with E-state index >= 15 is 0 Å². The van der Waals surface area contributed by atoms with Crippen LogP contribution in [0.2, 0.25) is 0 Å². The van der Waals surface area contributed by atoms with Crippen molar-refractivity contribution < 1.29 is 4.79 Å². The van der Waals surface area contributed by atoms with Gasteiger partial charge < -0.3 is 15.5 Å². The molecule has 0 unspecified atom stereocenters. The van der Waals surface area contributed by atoms with E-state index in [0.29, 0.717) is 6.54 Å². The van der Waals surface area contributed by atoms with Crippen LogP contribution in [0, 0.1) is 0 Å². The van der Waals surface area contributed by atoms with Crippen LogP contribution in [0.1, 0.15) is 11.8 Å². The number of nitrogens with one attached hydrogen (secondary N) is 2. The molecule has 7 heteroatoms. The molecule has 1 heterocycles. The molecule has 17 heavy (non-hydrogen) atoms. The molecule has 0 radical (unpaired) electrons. The van der Waals surface area contributed by atoms with E-state index in [1.165, 1.54) is 0 Å². The van der Waals surface area contributed by atoms with Crippen molar-refractivity contribution in [1.82, 2.24) is 15.6 Å². The minimum Gasteiger partial charge on any atom is -0.358 e. The van der Waals surface area contributed by atoms with Crippen LogP contribution in [0.15, 0.2) is 6.20 Å². The SMILES string of the molecule is CNC(=O)[C@@H](C)NCc1cnc(N(C)C)s1.Cl. The number of rotatable bonds is 5. The molecule has 5 nitrogen and oxygen atoms in total. The highest BCUT2D eigenvalue weighted by Gasteiger charge is 2.10. The Morgan fingerprint density at radius 2 is 2.24 bits per heavy atom. The van der Waals surface area contributed by atoms with Crippen LogP contribution < -0.4 is 15.5 Å². The Labute approximate surface area is 112 Å². The zero-order valence-electron chi connectivity index (χ0n) is 10.5. The molecule has 0 fully saturated rings. The van der Waals surface area contributed by atoms with E-state index < -0.39 is 0 Å². The lowest BCUT2D eigenvalue weighted by Crippen LogP contribution is -2.40. The molecule has 0 aliphatic carbocycles. The Morgan fingerprint density at radius 1 is 1.59 bits per heavy atom. The van der Waals surface area contributed by atoms with Crippen molar-refractivity contribution >= 4 is 34.8 Å². The topological polar surface area (TPSA) is 57.3 Å². The molecule has 0 saturated carbocycles. The van der Waals surface area contributed by atoms with E-state index in [1.807, 2.05) is 32.1 Å². The van der Waals surface area contributed by atoms with E-state index in [-0.39, 0.29) is 24.4 Å². The van der Waals surface area contributed by atoms with Crippen LogP contribution in [0.4, 0.5) is 5.13 Å². The maximum atomic E-state index is 11.3. The Kier molecular flexibility index (Phi) is 7.10. The minimum absolute atomic E-state index is 0. The first kappa shape index (κ1) is 16.1. The van der Waals surface area contributed by atoms with Gasteiger partial charge in [0.15, 0.2) is 5.13 Å². The third-order valence-corrected chi connectivity index (χ3v) is 3.31. The molecule has 0 aliphatic rings.